The van der Waals surface area contributed by atoms with Crippen molar-refractivity contribution in [2.45, 2.75) is 13.8 Å². The van der Waals surface area contributed by atoms with Gasteiger partial charge in [0.05, 0.1) is 18.0 Å². The maximum absolute atomic E-state index is 11.2. The van der Waals surface area contributed by atoms with Gasteiger partial charge in [0, 0.05) is 18.5 Å². The minimum absolute atomic E-state index is 0.329. The second-order valence-corrected chi connectivity index (χ2v) is 4.61. The molecule has 0 unspecified atom stereocenters. The van der Waals surface area contributed by atoms with E-state index < -0.39 is 0 Å². The van der Waals surface area contributed by atoms with E-state index in [1.807, 2.05) is 43.3 Å². The third-order valence-corrected chi connectivity index (χ3v) is 2.99. The molecule has 0 saturated carbocycles. The number of hydrogen-bond donors (Lipinski definition) is 0. The van der Waals surface area contributed by atoms with Crippen LogP contribution >= 0.6 is 0 Å². The zero-order valence-electron chi connectivity index (χ0n) is 12.7. The SMILES string of the molecule is CCOC(=O)/C=C/c1ccc(/C=C/c2nccnc2C)cc1. The molecular weight excluding hydrogens is 276 g/mol. The molecule has 4 nitrogen and oxygen atoms in total. The van der Waals surface area contributed by atoms with Crippen molar-refractivity contribution >= 4 is 24.2 Å². The molecule has 0 saturated heterocycles. The van der Waals surface area contributed by atoms with Crippen molar-refractivity contribution in [3.63, 3.8) is 0 Å². The molecule has 0 N–H and O–H groups in total. The number of ether oxygens (including phenoxy) is 1. The molecule has 1 aromatic heterocycles. The molecule has 0 amide bonds. The van der Waals surface area contributed by atoms with Crippen LogP contribution in [0.3, 0.4) is 0 Å². The number of carbonyl (C=O) groups excluding carboxylic acids is 1. The molecule has 0 aliphatic rings. The summed E-state index contributed by atoms with van der Waals surface area (Å²) in [6.07, 6.45) is 10.4. The molecule has 0 aliphatic carbocycles. The molecule has 0 aliphatic heterocycles. The van der Waals surface area contributed by atoms with Gasteiger partial charge in [0.1, 0.15) is 0 Å². The summed E-state index contributed by atoms with van der Waals surface area (Å²) >= 11 is 0. The highest BCUT2D eigenvalue weighted by atomic mass is 16.5. The standard InChI is InChI=1S/C18H18N2O2/c1-3-22-18(21)11-9-16-6-4-15(5-7-16)8-10-17-14(2)19-12-13-20-17/h4-13H,3H2,1-2H3/b10-8+,11-9+. The predicted molar refractivity (Wildman–Crippen MR) is 87.8 cm³/mol. The maximum atomic E-state index is 11.2. The summed E-state index contributed by atoms with van der Waals surface area (Å²) in [6.45, 7) is 4.09. The molecule has 112 valence electrons. The van der Waals surface area contributed by atoms with Gasteiger partial charge in [-0.25, -0.2) is 4.79 Å². The van der Waals surface area contributed by atoms with E-state index in [0.29, 0.717) is 6.61 Å². The van der Waals surface area contributed by atoms with E-state index in [9.17, 15) is 4.79 Å². The fraction of sp³-hybridized carbons (Fsp3) is 0.167. The van der Waals surface area contributed by atoms with E-state index in [1.54, 1.807) is 25.4 Å². The van der Waals surface area contributed by atoms with Gasteiger partial charge in [0.25, 0.3) is 0 Å². The van der Waals surface area contributed by atoms with Crippen molar-refractivity contribution in [2.75, 3.05) is 6.61 Å². The Kier molecular flexibility index (Phi) is 5.60. The first-order valence-corrected chi connectivity index (χ1v) is 7.09. The van der Waals surface area contributed by atoms with Crippen molar-refractivity contribution in [3.8, 4) is 0 Å². The van der Waals surface area contributed by atoms with Crippen LogP contribution in [0.1, 0.15) is 29.4 Å². The summed E-state index contributed by atoms with van der Waals surface area (Å²) < 4.78 is 4.84. The van der Waals surface area contributed by atoms with Gasteiger partial charge in [-0.15, -0.1) is 0 Å². The zero-order valence-corrected chi connectivity index (χ0v) is 12.7. The molecule has 4 heteroatoms. The molecule has 0 spiro atoms. The lowest BCUT2D eigenvalue weighted by molar-refractivity contribution is -0.137. The minimum Gasteiger partial charge on any atom is -0.463 e. The lowest BCUT2D eigenvalue weighted by atomic mass is 10.1. The quantitative estimate of drug-likeness (QED) is 0.625. The summed E-state index contributed by atoms with van der Waals surface area (Å²) in [6, 6.07) is 7.85. The lowest BCUT2D eigenvalue weighted by Crippen LogP contribution is -1.98. The molecule has 2 aromatic rings. The topological polar surface area (TPSA) is 52.1 Å². The first-order chi connectivity index (χ1) is 10.7. The van der Waals surface area contributed by atoms with Gasteiger partial charge in [0.15, 0.2) is 0 Å². The largest absolute Gasteiger partial charge is 0.463 e. The zero-order chi connectivity index (χ0) is 15.8. The van der Waals surface area contributed by atoms with Crippen LogP contribution in [0.5, 0.6) is 0 Å². The Hall–Kier alpha value is -2.75. The van der Waals surface area contributed by atoms with Crippen LogP contribution in [-0.4, -0.2) is 22.5 Å². The van der Waals surface area contributed by atoms with Crippen molar-refractivity contribution in [2.24, 2.45) is 0 Å². The molecular formula is C18H18N2O2. The molecule has 2 rings (SSSR count). The molecule has 1 aromatic carbocycles. The summed E-state index contributed by atoms with van der Waals surface area (Å²) in [7, 11) is 0. The monoisotopic (exact) mass is 294 g/mol. The Morgan fingerprint density at radius 2 is 1.68 bits per heavy atom. The summed E-state index contributed by atoms with van der Waals surface area (Å²) in [5.74, 6) is -0.329. The number of rotatable bonds is 5. The van der Waals surface area contributed by atoms with Gasteiger partial charge in [-0.1, -0.05) is 30.3 Å². The number of aryl methyl sites for hydroxylation is 1. The summed E-state index contributed by atoms with van der Waals surface area (Å²) in [5.41, 5.74) is 3.75. The molecule has 0 radical (unpaired) electrons. The Morgan fingerprint density at radius 1 is 1.05 bits per heavy atom. The Labute approximate surface area is 130 Å². The number of esters is 1. The van der Waals surface area contributed by atoms with Gasteiger partial charge in [-0.3, -0.25) is 9.97 Å². The first-order valence-electron chi connectivity index (χ1n) is 7.09. The van der Waals surface area contributed by atoms with Gasteiger partial charge in [-0.2, -0.15) is 0 Å². The van der Waals surface area contributed by atoms with Gasteiger partial charge in [-0.05, 0) is 37.1 Å². The molecule has 1 heterocycles. The van der Waals surface area contributed by atoms with Gasteiger partial charge in [0.2, 0.25) is 0 Å². The normalized spacial score (nSPS) is 11.2. The van der Waals surface area contributed by atoms with E-state index >= 15 is 0 Å². The van der Waals surface area contributed by atoms with Crippen molar-refractivity contribution in [1.29, 1.82) is 0 Å². The number of benzene rings is 1. The summed E-state index contributed by atoms with van der Waals surface area (Å²) in [5, 5.41) is 0. The van der Waals surface area contributed by atoms with Crippen LogP contribution in [0.25, 0.3) is 18.2 Å². The third-order valence-electron chi connectivity index (χ3n) is 2.99. The highest BCUT2D eigenvalue weighted by Gasteiger charge is 1.96. The Bertz CT molecular complexity index is 688. The maximum Gasteiger partial charge on any atom is 0.330 e. The average Bonchev–Trinajstić information content (AvgIpc) is 2.53. The second kappa shape index (κ2) is 7.88. The predicted octanol–water partition coefficient (Wildman–Crippen LogP) is 3.53. The number of aromatic nitrogens is 2. The first kappa shape index (κ1) is 15.6. The van der Waals surface area contributed by atoms with Crippen molar-refractivity contribution in [1.82, 2.24) is 9.97 Å². The lowest BCUT2D eigenvalue weighted by Gasteiger charge is -1.98. The van der Waals surface area contributed by atoms with Crippen LogP contribution < -0.4 is 0 Å². The fourth-order valence-electron chi connectivity index (χ4n) is 1.83. The van der Waals surface area contributed by atoms with Crippen LogP contribution in [0.4, 0.5) is 0 Å². The van der Waals surface area contributed by atoms with Crippen molar-refractivity contribution in [3.05, 3.63) is 65.2 Å². The molecule has 0 fully saturated rings. The number of hydrogen-bond acceptors (Lipinski definition) is 4. The minimum atomic E-state index is -0.329. The van der Waals surface area contributed by atoms with Crippen LogP contribution in [0.15, 0.2) is 42.7 Å². The third kappa shape index (κ3) is 4.66. The number of nitrogens with zero attached hydrogens (tertiary/aromatic N) is 2. The van der Waals surface area contributed by atoms with Crippen LogP contribution in [0.2, 0.25) is 0 Å². The van der Waals surface area contributed by atoms with E-state index in [4.69, 9.17) is 4.74 Å². The molecule has 22 heavy (non-hydrogen) atoms. The van der Waals surface area contributed by atoms with E-state index in [1.165, 1.54) is 6.08 Å². The Morgan fingerprint density at radius 3 is 2.32 bits per heavy atom. The second-order valence-electron chi connectivity index (χ2n) is 4.61. The summed E-state index contributed by atoms with van der Waals surface area (Å²) in [4.78, 5) is 19.7. The van der Waals surface area contributed by atoms with E-state index in [-0.39, 0.29) is 5.97 Å². The smallest absolute Gasteiger partial charge is 0.330 e. The van der Waals surface area contributed by atoms with E-state index in [0.717, 1.165) is 22.5 Å². The average molecular weight is 294 g/mol. The highest BCUT2D eigenvalue weighted by molar-refractivity contribution is 5.87. The van der Waals surface area contributed by atoms with Gasteiger partial charge < -0.3 is 4.74 Å². The fourth-order valence-corrected chi connectivity index (χ4v) is 1.83. The van der Waals surface area contributed by atoms with Crippen LogP contribution in [-0.2, 0) is 9.53 Å². The van der Waals surface area contributed by atoms with Crippen molar-refractivity contribution < 1.29 is 9.53 Å². The number of carbonyl (C=O) groups is 1. The Balaban J connectivity index is 2.03. The van der Waals surface area contributed by atoms with Gasteiger partial charge >= 0.3 is 5.97 Å². The molecule has 0 bridgehead atoms. The highest BCUT2D eigenvalue weighted by Crippen LogP contribution is 2.11. The van der Waals surface area contributed by atoms with Crippen LogP contribution in [0, 0.1) is 6.92 Å². The van der Waals surface area contributed by atoms with E-state index in [2.05, 4.69) is 9.97 Å². The molecule has 0 atom stereocenters.